The molecule has 0 bridgehead atoms. The van der Waals surface area contributed by atoms with Crippen molar-refractivity contribution < 1.29 is 5.11 Å². The van der Waals surface area contributed by atoms with Gasteiger partial charge in [0, 0.05) is 0 Å². The molecule has 0 saturated carbocycles. The van der Waals surface area contributed by atoms with Crippen LogP contribution in [-0.4, -0.2) is 11.2 Å². The second-order valence-corrected chi connectivity index (χ2v) is 6.51. The van der Waals surface area contributed by atoms with E-state index in [9.17, 15) is 5.11 Å². The molecule has 0 aromatic heterocycles. The predicted molar refractivity (Wildman–Crippen MR) is 86.4 cm³/mol. The first kappa shape index (κ1) is 18.7. The van der Waals surface area contributed by atoms with Gasteiger partial charge >= 0.3 is 0 Å². The Labute approximate surface area is 121 Å². The molecule has 0 rings (SSSR count). The molecule has 0 amide bonds. The molecule has 0 aliphatic heterocycles. The fourth-order valence-electron chi connectivity index (χ4n) is 2.45. The summed E-state index contributed by atoms with van der Waals surface area (Å²) >= 11 is 0. The maximum Gasteiger partial charge on any atom is 0.0540 e. The first-order valence-electron chi connectivity index (χ1n) is 8.35. The highest BCUT2D eigenvalue weighted by molar-refractivity contribution is 4.76. The molecule has 0 spiro atoms. The van der Waals surface area contributed by atoms with E-state index in [0.717, 1.165) is 37.5 Å². The van der Waals surface area contributed by atoms with Gasteiger partial charge in [-0.15, -0.1) is 0 Å². The van der Waals surface area contributed by atoms with Crippen LogP contribution in [0.2, 0.25) is 0 Å². The molecule has 0 aliphatic rings. The quantitative estimate of drug-likeness (QED) is 0.354. The molecule has 0 heterocycles. The minimum absolute atomic E-state index is 0.0712. The summed E-state index contributed by atoms with van der Waals surface area (Å²) in [6, 6.07) is 0. The topological polar surface area (TPSA) is 20.2 Å². The van der Waals surface area contributed by atoms with Crippen LogP contribution < -0.4 is 0 Å². The number of rotatable bonds is 12. The van der Waals surface area contributed by atoms with Crippen LogP contribution in [0.15, 0.2) is 12.2 Å². The van der Waals surface area contributed by atoms with Crippen LogP contribution in [0.4, 0.5) is 0 Å². The summed E-state index contributed by atoms with van der Waals surface area (Å²) in [4.78, 5) is 0. The number of aliphatic hydroxyl groups excluding tert-OH is 1. The monoisotopic (exact) mass is 268 g/mol. The lowest BCUT2D eigenvalue weighted by Crippen LogP contribution is -2.09. The maximum absolute atomic E-state index is 9.95. The van der Waals surface area contributed by atoms with Crippen molar-refractivity contribution in [2.24, 2.45) is 11.8 Å². The Morgan fingerprint density at radius 2 is 1.58 bits per heavy atom. The van der Waals surface area contributed by atoms with E-state index in [1.54, 1.807) is 0 Å². The van der Waals surface area contributed by atoms with E-state index in [1.807, 2.05) is 0 Å². The molecule has 1 heteroatoms. The highest BCUT2D eigenvalue weighted by Gasteiger charge is 2.08. The number of unbranched alkanes of at least 4 members (excludes halogenated alkanes) is 2. The van der Waals surface area contributed by atoms with E-state index >= 15 is 0 Å². The van der Waals surface area contributed by atoms with Crippen molar-refractivity contribution in [3.8, 4) is 0 Å². The second kappa shape index (κ2) is 12.7. The molecule has 2 atom stereocenters. The van der Waals surface area contributed by atoms with E-state index < -0.39 is 0 Å². The summed E-state index contributed by atoms with van der Waals surface area (Å²) in [5, 5.41) is 9.95. The number of hydrogen-bond donors (Lipinski definition) is 1. The van der Waals surface area contributed by atoms with Crippen LogP contribution in [0.3, 0.4) is 0 Å². The summed E-state index contributed by atoms with van der Waals surface area (Å²) in [7, 11) is 0. The zero-order valence-corrected chi connectivity index (χ0v) is 13.7. The first-order valence-corrected chi connectivity index (χ1v) is 8.35. The lowest BCUT2D eigenvalue weighted by Gasteiger charge is -2.15. The zero-order chi connectivity index (χ0) is 14.5. The van der Waals surface area contributed by atoms with Crippen molar-refractivity contribution in [3.63, 3.8) is 0 Å². The summed E-state index contributed by atoms with van der Waals surface area (Å²) < 4.78 is 0. The number of aliphatic hydroxyl groups is 1. The Balaban J connectivity index is 3.42. The Morgan fingerprint density at radius 1 is 0.842 bits per heavy atom. The number of hydrogen-bond acceptors (Lipinski definition) is 1. The van der Waals surface area contributed by atoms with Crippen LogP contribution in [0, 0.1) is 11.8 Å². The molecule has 114 valence electrons. The van der Waals surface area contributed by atoms with Crippen molar-refractivity contribution in [3.05, 3.63) is 12.2 Å². The fourth-order valence-corrected chi connectivity index (χ4v) is 2.45. The molecular weight excluding hydrogens is 232 g/mol. The molecular formula is C18H36O. The fraction of sp³-hybridized carbons (Fsp3) is 0.889. The lowest BCUT2D eigenvalue weighted by molar-refractivity contribution is 0.142. The van der Waals surface area contributed by atoms with Gasteiger partial charge in [0.15, 0.2) is 0 Å². The molecule has 1 nitrogen and oxygen atoms in total. The standard InChI is InChI=1S/C18H36O/c1-5-6-7-8-9-13-18(19)15-14-17(4)12-10-11-16(2)3/h5-6,16-19H,7-15H2,1-4H3. The van der Waals surface area contributed by atoms with Crippen LogP contribution in [-0.2, 0) is 0 Å². The van der Waals surface area contributed by atoms with Crippen LogP contribution in [0.1, 0.15) is 85.5 Å². The minimum atomic E-state index is -0.0712. The Kier molecular flexibility index (Phi) is 12.5. The average molecular weight is 268 g/mol. The molecule has 2 unspecified atom stereocenters. The Hall–Kier alpha value is -0.300. The van der Waals surface area contributed by atoms with Gasteiger partial charge in [-0.1, -0.05) is 58.6 Å². The lowest BCUT2D eigenvalue weighted by atomic mass is 9.94. The zero-order valence-electron chi connectivity index (χ0n) is 13.7. The van der Waals surface area contributed by atoms with E-state index in [1.165, 1.54) is 32.1 Å². The van der Waals surface area contributed by atoms with Gasteiger partial charge in [0.05, 0.1) is 6.10 Å². The van der Waals surface area contributed by atoms with Crippen LogP contribution in [0.5, 0.6) is 0 Å². The predicted octanol–water partition coefficient (Wildman–Crippen LogP) is 5.73. The van der Waals surface area contributed by atoms with Gasteiger partial charge in [-0.05, 0) is 50.9 Å². The van der Waals surface area contributed by atoms with Crippen molar-refractivity contribution in [1.29, 1.82) is 0 Å². The van der Waals surface area contributed by atoms with E-state index in [4.69, 9.17) is 0 Å². The molecule has 0 aromatic carbocycles. The highest BCUT2D eigenvalue weighted by Crippen LogP contribution is 2.19. The van der Waals surface area contributed by atoms with Crippen molar-refractivity contribution in [1.82, 2.24) is 0 Å². The van der Waals surface area contributed by atoms with Gasteiger partial charge in [-0.2, -0.15) is 0 Å². The largest absolute Gasteiger partial charge is 0.393 e. The summed E-state index contributed by atoms with van der Waals surface area (Å²) in [6.07, 6.45) is 15.0. The molecule has 0 radical (unpaired) electrons. The summed E-state index contributed by atoms with van der Waals surface area (Å²) in [6.45, 7) is 8.99. The van der Waals surface area contributed by atoms with E-state index in [0.29, 0.717) is 0 Å². The SMILES string of the molecule is CC=CCCCCC(O)CCC(C)CCCC(C)C. The molecule has 19 heavy (non-hydrogen) atoms. The molecule has 0 fully saturated rings. The molecule has 0 saturated heterocycles. The second-order valence-electron chi connectivity index (χ2n) is 6.51. The number of allylic oxidation sites excluding steroid dienone is 2. The summed E-state index contributed by atoms with van der Waals surface area (Å²) in [5.74, 6) is 1.60. The molecule has 1 N–H and O–H groups in total. The van der Waals surface area contributed by atoms with E-state index in [-0.39, 0.29) is 6.10 Å². The first-order chi connectivity index (χ1) is 9.06. The van der Waals surface area contributed by atoms with Gasteiger partial charge < -0.3 is 5.11 Å². The highest BCUT2D eigenvalue weighted by atomic mass is 16.3. The van der Waals surface area contributed by atoms with Crippen molar-refractivity contribution >= 4 is 0 Å². The normalized spacial score (nSPS) is 15.3. The third kappa shape index (κ3) is 13.9. The summed E-state index contributed by atoms with van der Waals surface area (Å²) in [5.41, 5.74) is 0. The van der Waals surface area contributed by atoms with Crippen molar-refractivity contribution in [2.75, 3.05) is 0 Å². The maximum atomic E-state index is 9.95. The van der Waals surface area contributed by atoms with Gasteiger partial charge in [0.2, 0.25) is 0 Å². The van der Waals surface area contributed by atoms with Gasteiger partial charge in [0.25, 0.3) is 0 Å². The average Bonchev–Trinajstić information content (AvgIpc) is 2.35. The third-order valence-corrected chi connectivity index (χ3v) is 3.86. The third-order valence-electron chi connectivity index (χ3n) is 3.86. The Morgan fingerprint density at radius 3 is 2.21 bits per heavy atom. The smallest absolute Gasteiger partial charge is 0.0540 e. The molecule has 0 aliphatic carbocycles. The van der Waals surface area contributed by atoms with Crippen molar-refractivity contribution in [2.45, 2.75) is 91.6 Å². The Bertz CT molecular complexity index is 208. The van der Waals surface area contributed by atoms with Crippen LogP contribution >= 0.6 is 0 Å². The van der Waals surface area contributed by atoms with Gasteiger partial charge in [-0.25, -0.2) is 0 Å². The van der Waals surface area contributed by atoms with E-state index in [2.05, 4.69) is 39.8 Å². The van der Waals surface area contributed by atoms with Gasteiger partial charge in [-0.3, -0.25) is 0 Å². The minimum Gasteiger partial charge on any atom is -0.393 e. The molecule has 0 aromatic rings. The van der Waals surface area contributed by atoms with Gasteiger partial charge in [0.1, 0.15) is 0 Å². The van der Waals surface area contributed by atoms with Crippen LogP contribution in [0.25, 0.3) is 0 Å².